The smallest absolute Gasteiger partial charge is 0.226 e. The van der Waals surface area contributed by atoms with Crippen LogP contribution in [0.2, 0.25) is 0 Å². The van der Waals surface area contributed by atoms with Gasteiger partial charge in [0.1, 0.15) is 0 Å². The third-order valence-electron chi connectivity index (χ3n) is 6.76. The summed E-state index contributed by atoms with van der Waals surface area (Å²) in [4.78, 5) is 31.2. The molecule has 2 fully saturated rings. The molecule has 2 heterocycles. The second-order valence-corrected chi connectivity index (χ2v) is 8.83. The standard InChI is InChI=1S/C24H38N4O2/c1-25-23(29)13-15-26(2)24(30)21-9-6-14-28(19-21)22-11-17-27(18-12-22)16-10-20-7-4-3-5-8-20/h3-5,7-8,21-22H,6,9-19H2,1-2H3,(H,25,29)/t21-/m0/s1. The zero-order valence-corrected chi connectivity index (χ0v) is 18.7. The highest BCUT2D eigenvalue weighted by Gasteiger charge is 2.32. The molecule has 0 aliphatic carbocycles. The number of carbonyl (C=O) groups excluding carboxylic acids is 2. The predicted molar refractivity (Wildman–Crippen MR) is 120 cm³/mol. The number of carbonyl (C=O) groups is 2. The van der Waals surface area contributed by atoms with Crippen LogP contribution in [0.5, 0.6) is 0 Å². The molecule has 0 unspecified atom stereocenters. The highest BCUT2D eigenvalue weighted by atomic mass is 16.2. The van der Waals surface area contributed by atoms with Crippen LogP contribution in [0.3, 0.4) is 0 Å². The molecule has 6 nitrogen and oxygen atoms in total. The summed E-state index contributed by atoms with van der Waals surface area (Å²) in [7, 11) is 3.46. The van der Waals surface area contributed by atoms with Gasteiger partial charge in [-0.1, -0.05) is 30.3 Å². The Morgan fingerprint density at radius 2 is 1.83 bits per heavy atom. The molecule has 1 aromatic rings. The first kappa shape index (κ1) is 22.8. The first-order valence-corrected chi connectivity index (χ1v) is 11.5. The van der Waals surface area contributed by atoms with Gasteiger partial charge < -0.3 is 15.1 Å². The Labute approximate surface area is 181 Å². The highest BCUT2D eigenvalue weighted by molar-refractivity contribution is 5.80. The minimum Gasteiger partial charge on any atom is -0.359 e. The van der Waals surface area contributed by atoms with Gasteiger partial charge in [-0.05, 0) is 57.3 Å². The van der Waals surface area contributed by atoms with Crippen LogP contribution in [-0.2, 0) is 16.0 Å². The fraction of sp³-hybridized carbons (Fsp3) is 0.667. The SMILES string of the molecule is CNC(=O)CCN(C)C(=O)[C@H]1CCCN(C2CCN(CCc3ccccc3)CC2)C1. The number of amides is 2. The maximum absolute atomic E-state index is 12.9. The molecule has 0 spiro atoms. The fourth-order valence-electron chi connectivity index (χ4n) is 4.80. The van der Waals surface area contributed by atoms with Crippen LogP contribution < -0.4 is 5.32 Å². The molecule has 0 saturated carbocycles. The summed E-state index contributed by atoms with van der Waals surface area (Å²) in [5.74, 6) is 0.257. The van der Waals surface area contributed by atoms with Gasteiger partial charge in [-0.3, -0.25) is 14.5 Å². The lowest BCUT2D eigenvalue weighted by Crippen LogP contribution is -2.51. The molecule has 2 aliphatic rings. The van der Waals surface area contributed by atoms with E-state index in [1.807, 2.05) is 7.05 Å². The molecular formula is C24H38N4O2. The van der Waals surface area contributed by atoms with E-state index in [0.29, 0.717) is 19.0 Å². The molecule has 1 aromatic carbocycles. The van der Waals surface area contributed by atoms with Gasteiger partial charge in [0.15, 0.2) is 0 Å². The topological polar surface area (TPSA) is 55.9 Å². The summed E-state index contributed by atoms with van der Waals surface area (Å²) < 4.78 is 0. The summed E-state index contributed by atoms with van der Waals surface area (Å²) in [6, 6.07) is 11.3. The van der Waals surface area contributed by atoms with Gasteiger partial charge in [0.05, 0.1) is 5.92 Å². The summed E-state index contributed by atoms with van der Waals surface area (Å²) in [6.07, 6.45) is 5.94. The van der Waals surface area contributed by atoms with Crippen molar-refractivity contribution in [2.24, 2.45) is 5.92 Å². The number of hydrogen-bond donors (Lipinski definition) is 1. The van der Waals surface area contributed by atoms with E-state index in [-0.39, 0.29) is 17.7 Å². The second kappa shape index (κ2) is 11.5. The van der Waals surface area contributed by atoms with Crippen LogP contribution in [0.4, 0.5) is 0 Å². The number of hydrogen-bond acceptors (Lipinski definition) is 4. The molecule has 0 bridgehead atoms. The van der Waals surface area contributed by atoms with E-state index in [4.69, 9.17) is 0 Å². The van der Waals surface area contributed by atoms with E-state index < -0.39 is 0 Å². The first-order chi connectivity index (χ1) is 14.6. The first-order valence-electron chi connectivity index (χ1n) is 11.5. The zero-order valence-electron chi connectivity index (χ0n) is 18.7. The number of piperidine rings is 2. The van der Waals surface area contributed by atoms with E-state index in [1.165, 1.54) is 18.4 Å². The van der Waals surface area contributed by atoms with Crippen molar-refractivity contribution in [1.29, 1.82) is 0 Å². The number of nitrogens with zero attached hydrogens (tertiary/aromatic N) is 3. The van der Waals surface area contributed by atoms with E-state index >= 15 is 0 Å². The molecule has 2 amide bonds. The summed E-state index contributed by atoms with van der Waals surface area (Å²) in [5.41, 5.74) is 1.41. The van der Waals surface area contributed by atoms with Gasteiger partial charge in [0, 0.05) is 46.2 Å². The molecule has 30 heavy (non-hydrogen) atoms. The molecular weight excluding hydrogens is 376 g/mol. The van der Waals surface area contributed by atoms with Crippen LogP contribution in [0.25, 0.3) is 0 Å². The van der Waals surface area contributed by atoms with Crippen LogP contribution >= 0.6 is 0 Å². The summed E-state index contributed by atoms with van der Waals surface area (Å²) in [6.45, 7) is 5.92. The van der Waals surface area contributed by atoms with Crippen molar-refractivity contribution in [2.45, 2.75) is 44.6 Å². The van der Waals surface area contributed by atoms with Gasteiger partial charge in [-0.25, -0.2) is 0 Å². The lowest BCUT2D eigenvalue weighted by molar-refractivity contribution is -0.136. The fourth-order valence-corrected chi connectivity index (χ4v) is 4.80. The van der Waals surface area contributed by atoms with Crippen LogP contribution in [0, 0.1) is 5.92 Å². The molecule has 3 rings (SSSR count). The molecule has 2 saturated heterocycles. The lowest BCUT2D eigenvalue weighted by Gasteiger charge is -2.42. The average Bonchev–Trinajstić information content (AvgIpc) is 2.81. The average molecular weight is 415 g/mol. The second-order valence-electron chi connectivity index (χ2n) is 8.83. The largest absolute Gasteiger partial charge is 0.359 e. The van der Waals surface area contributed by atoms with Gasteiger partial charge in [0.25, 0.3) is 0 Å². The number of likely N-dealkylation sites (tertiary alicyclic amines) is 2. The van der Waals surface area contributed by atoms with Crippen LogP contribution in [0.15, 0.2) is 30.3 Å². The normalized spacial score (nSPS) is 21.3. The Balaban J connectivity index is 1.41. The van der Waals surface area contributed by atoms with Gasteiger partial charge in [0.2, 0.25) is 11.8 Å². The third-order valence-corrected chi connectivity index (χ3v) is 6.76. The van der Waals surface area contributed by atoms with Crippen LogP contribution in [-0.4, -0.2) is 85.9 Å². The van der Waals surface area contributed by atoms with Gasteiger partial charge in [-0.15, -0.1) is 0 Å². The molecule has 2 aliphatic heterocycles. The Morgan fingerprint density at radius 3 is 2.53 bits per heavy atom. The van der Waals surface area contributed by atoms with Crippen LogP contribution in [0.1, 0.15) is 37.7 Å². The van der Waals surface area contributed by atoms with E-state index in [1.54, 1.807) is 11.9 Å². The third kappa shape index (κ3) is 6.54. The van der Waals surface area contributed by atoms with Crippen molar-refractivity contribution in [1.82, 2.24) is 20.0 Å². The quantitative estimate of drug-likeness (QED) is 0.707. The Hall–Kier alpha value is -1.92. The lowest BCUT2D eigenvalue weighted by atomic mass is 9.92. The number of rotatable bonds is 8. The Bertz CT molecular complexity index is 673. The number of benzene rings is 1. The van der Waals surface area contributed by atoms with Gasteiger partial charge >= 0.3 is 0 Å². The molecule has 0 aromatic heterocycles. The summed E-state index contributed by atoms with van der Waals surface area (Å²) in [5, 5.41) is 2.62. The molecule has 1 atom stereocenters. The Kier molecular flexibility index (Phi) is 8.70. The maximum atomic E-state index is 12.9. The summed E-state index contributed by atoms with van der Waals surface area (Å²) >= 11 is 0. The minimum absolute atomic E-state index is 0.0149. The minimum atomic E-state index is -0.0149. The Morgan fingerprint density at radius 1 is 1.10 bits per heavy atom. The molecule has 166 valence electrons. The van der Waals surface area contributed by atoms with Crippen molar-refractivity contribution in [3.8, 4) is 0 Å². The molecule has 1 N–H and O–H groups in total. The van der Waals surface area contributed by atoms with Crippen molar-refractivity contribution in [3.05, 3.63) is 35.9 Å². The highest BCUT2D eigenvalue weighted by Crippen LogP contribution is 2.25. The van der Waals surface area contributed by atoms with Crippen molar-refractivity contribution in [3.63, 3.8) is 0 Å². The monoisotopic (exact) mass is 414 g/mol. The molecule has 0 radical (unpaired) electrons. The number of nitrogens with one attached hydrogen (secondary N) is 1. The zero-order chi connectivity index (χ0) is 21.3. The van der Waals surface area contributed by atoms with Crippen molar-refractivity contribution >= 4 is 11.8 Å². The molecule has 6 heteroatoms. The van der Waals surface area contributed by atoms with E-state index in [9.17, 15) is 9.59 Å². The van der Waals surface area contributed by atoms with Crippen molar-refractivity contribution in [2.75, 3.05) is 53.4 Å². The van der Waals surface area contributed by atoms with E-state index in [0.717, 1.165) is 52.0 Å². The van der Waals surface area contributed by atoms with Crippen molar-refractivity contribution < 1.29 is 9.59 Å². The maximum Gasteiger partial charge on any atom is 0.226 e. The van der Waals surface area contributed by atoms with E-state index in [2.05, 4.69) is 45.4 Å². The van der Waals surface area contributed by atoms with Gasteiger partial charge in [-0.2, -0.15) is 0 Å². The predicted octanol–water partition coefficient (Wildman–Crippen LogP) is 2.00.